The van der Waals surface area contributed by atoms with Gasteiger partial charge in [-0.15, -0.1) is 0 Å². The molecule has 3 N–H and O–H groups in total. The fraction of sp³-hybridized carbons (Fsp3) is 1.00. The van der Waals surface area contributed by atoms with E-state index in [1.807, 2.05) is 0 Å². The van der Waals surface area contributed by atoms with E-state index in [1.165, 1.54) is 69.2 Å². The first-order valence-electron chi connectivity index (χ1n) is 7.09. The first-order valence-corrected chi connectivity index (χ1v) is 7.09. The molecule has 2 heteroatoms. The molecule has 0 saturated heterocycles. The summed E-state index contributed by atoms with van der Waals surface area (Å²) in [6.07, 6.45) is 8.19. The Bertz CT molecular complexity index is 119. The van der Waals surface area contributed by atoms with Crippen molar-refractivity contribution in [3.63, 3.8) is 0 Å². The lowest BCUT2D eigenvalue weighted by molar-refractivity contribution is -0.928. The Balaban J connectivity index is 0. The Labute approximate surface area is 104 Å². The molecular formula is C14H35N2+. The molecule has 2 nitrogen and oxygen atoms in total. The van der Waals surface area contributed by atoms with E-state index in [2.05, 4.69) is 27.7 Å². The Morgan fingerprint density at radius 3 is 1.19 bits per heavy atom. The number of hydrogen-bond donors (Lipinski definition) is 1. The molecule has 0 aromatic heterocycles. The molecule has 0 aromatic rings. The summed E-state index contributed by atoms with van der Waals surface area (Å²) >= 11 is 0. The molecule has 0 bridgehead atoms. The zero-order valence-electron chi connectivity index (χ0n) is 12.2. The Morgan fingerprint density at radius 2 is 0.938 bits per heavy atom. The number of nitrogens with zero attached hydrogens (tertiary/aromatic N) is 1. The second-order valence-corrected chi connectivity index (χ2v) is 4.94. The van der Waals surface area contributed by atoms with Gasteiger partial charge in [0.05, 0.1) is 26.2 Å². The SMILES string of the molecule is CCCC[N+](CCC)(CCC)CCCC.N. The number of quaternary nitrogens is 1. The van der Waals surface area contributed by atoms with Gasteiger partial charge in [-0.25, -0.2) is 0 Å². The highest BCUT2D eigenvalue weighted by Gasteiger charge is 2.23. The fourth-order valence-electron chi connectivity index (χ4n) is 2.61. The predicted molar refractivity (Wildman–Crippen MR) is 75.1 cm³/mol. The zero-order chi connectivity index (χ0) is 11.6. The number of rotatable bonds is 10. The van der Waals surface area contributed by atoms with Gasteiger partial charge in [0.2, 0.25) is 0 Å². The molecule has 0 heterocycles. The largest absolute Gasteiger partial charge is 0.344 e. The molecule has 0 aliphatic carbocycles. The van der Waals surface area contributed by atoms with Crippen LogP contribution in [0.3, 0.4) is 0 Å². The van der Waals surface area contributed by atoms with E-state index in [1.54, 1.807) is 0 Å². The van der Waals surface area contributed by atoms with Gasteiger partial charge in [-0.1, -0.05) is 40.5 Å². The van der Waals surface area contributed by atoms with Crippen LogP contribution in [-0.4, -0.2) is 30.7 Å². The van der Waals surface area contributed by atoms with Crippen molar-refractivity contribution >= 4 is 0 Å². The summed E-state index contributed by atoms with van der Waals surface area (Å²) < 4.78 is 1.40. The molecule has 100 valence electrons. The lowest BCUT2D eigenvalue weighted by atomic mass is 10.1. The minimum Gasteiger partial charge on any atom is -0.344 e. The fourth-order valence-corrected chi connectivity index (χ4v) is 2.61. The van der Waals surface area contributed by atoms with Crippen molar-refractivity contribution in [2.75, 3.05) is 26.2 Å². The third-order valence-corrected chi connectivity index (χ3v) is 3.37. The van der Waals surface area contributed by atoms with Gasteiger partial charge in [-0.2, -0.15) is 0 Å². The van der Waals surface area contributed by atoms with Crippen molar-refractivity contribution in [2.45, 2.75) is 66.2 Å². The van der Waals surface area contributed by atoms with Crippen LogP contribution in [0.25, 0.3) is 0 Å². The van der Waals surface area contributed by atoms with Gasteiger partial charge in [0.25, 0.3) is 0 Å². The van der Waals surface area contributed by atoms with Crippen molar-refractivity contribution in [2.24, 2.45) is 0 Å². The lowest BCUT2D eigenvalue weighted by Crippen LogP contribution is -2.50. The average Bonchev–Trinajstić information content (AvgIpc) is 2.24. The third kappa shape index (κ3) is 7.24. The van der Waals surface area contributed by atoms with E-state index < -0.39 is 0 Å². The topological polar surface area (TPSA) is 35.0 Å². The summed E-state index contributed by atoms with van der Waals surface area (Å²) in [5.41, 5.74) is 0. The molecule has 0 rings (SSSR count). The van der Waals surface area contributed by atoms with Gasteiger partial charge in [-0.3, -0.25) is 0 Å². The predicted octanol–water partition coefficient (Wildman–Crippen LogP) is 4.39. The first-order chi connectivity index (χ1) is 7.24. The van der Waals surface area contributed by atoms with Crippen LogP contribution in [0.1, 0.15) is 66.2 Å². The van der Waals surface area contributed by atoms with Crippen molar-refractivity contribution in [1.29, 1.82) is 0 Å². The van der Waals surface area contributed by atoms with E-state index in [9.17, 15) is 0 Å². The Kier molecular flexibility index (Phi) is 13.0. The van der Waals surface area contributed by atoms with Crippen molar-refractivity contribution < 1.29 is 4.48 Å². The average molecular weight is 231 g/mol. The van der Waals surface area contributed by atoms with Crippen LogP contribution in [0.5, 0.6) is 0 Å². The summed E-state index contributed by atoms with van der Waals surface area (Å²) in [6, 6.07) is 0. The van der Waals surface area contributed by atoms with Gasteiger partial charge < -0.3 is 10.6 Å². The van der Waals surface area contributed by atoms with Gasteiger partial charge in [0, 0.05) is 0 Å². The van der Waals surface area contributed by atoms with E-state index in [4.69, 9.17) is 0 Å². The summed E-state index contributed by atoms with van der Waals surface area (Å²) in [7, 11) is 0. The molecule has 0 atom stereocenters. The van der Waals surface area contributed by atoms with Gasteiger partial charge >= 0.3 is 0 Å². The molecule has 0 saturated carbocycles. The highest BCUT2D eigenvalue weighted by atomic mass is 15.3. The summed E-state index contributed by atoms with van der Waals surface area (Å²) in [5.74, 6) is 0. The Hall–Kier alpha value is -0.0800. The smallest absolute Gasteiger partial charge is 0.0786 e. The highest BCUT2D eigenvalue weighted by molar-refractivity contribution is 4.46. The van der Waals surface area contributed by atoms with E-state index in [-0.39, 0.29) is 6.15 Å². The van der Waals surface area contributed by atoms with E-state index >= 15 is 0 Å². The van der Waals surface area contributed by atoms with Crippen LogP contribution < -0.4 is 6.15 Å². The zero-order valence-corrected chi connectivity index (χ0v) is 12.2. The van der Waals surface area contributed by atoms with Gasteiger partial charge in [0.15, 0.2) is 0 Å². The minimum atomic E-state index is 0. The highest BCUT2D eigenvalue weighted by Crippen LogP contribution is 2.14. The number of hydrogen-bond acceptors (Lipinski definition) is 1. The molecule has 0 aliphatic heterocycles. The second kappa shape index (κ2) is 11.4. The van der Waals surface area contributed by atoms with Crippen molar-refractivity contribution in [3.8, 4) is 0 Å². The van der Waals surface area contributed by atoms with Crippen LogP contribution in [0.4, 0.5) is 0 Å². The lowest BCUT2D eigenvalue weighted by Gasteiger charge is -2.39. The maximum absolute atomic E-state index is 2.33. The van der Waals surface area contributed by atoms with Crippen molar-refractivity contribution in [3.05, 3.63) is 0 Å². The van der Waals surface area contributed by atoms with Crippen LogP contribution in [-0.2, 0) is 0 Å². The molecule has 0 fully saturated rings. The van der Waals surface area contributed by atoms with Crippen LogP contribution in [0, 0.1) is 0 Å². The molecule has 16 heavy (non-hydrogen) atoms. The summed E-state index contributed by atoms with van der Waals surface area (Å²) in [5, 5.41) is 0. The maximum Gasteiger partial charge on any atom is 0.0786 e. The standard InChI is InChI=1S/C14H32N.H3N/c1-5-9-13-15(11-7-3,12-8-4)14-10-6-2;/h5-14H2,1-4H3;1H3/q+1;. The minimum absolute atomic E-state index is 0. The monoisotopic (exact) mass is 231 g/mol. The summed E-state index contributed by atoms with van der Waals surface area (Å²) in [4.78, 5) is 0. The summed E-state index contributed by atoms with van der Waals surface area (Å²) in [6.45, 7) is 14.9. The quantitative estimate of drug-likeness (QED) is 0.556. The first kappa shape index (κ1) is 18.3. The van der Waals surface area contributed by atoms with E-state index in [0.717, 1.165) is 0 Å². The molecule has 0 amide bonds. The maximum atomic E-state index is 2.33. The Morgan fingerprint density at radius 1 is 0.562 bits per heavy atom. The third-order valence-electron chi connectivity index (χ3n) is 3.37. The molecular weight excluding hydrogens is 196 g/mol. The van der Waals surface area contributed by atoms with Crippen LogP contribution in [0.15, 0.2) is 0 Å². The van der Waals surface area contributed by atoms with E-state index in [0.29, 0.717) is 0 Å². The molecule has 0 radical (unpaired) electrons. The second-order valence-electron chi connectivity index (χ2n) is 4.94. The van der Waals surface area contributed by atoms with Crippen LogP contribution in [0.2, 0.25) is 0 Å². The molecule has 0 spiro atoms. The van der Waals surface area contributed by atoms with Gasteiger partial charge in [-0.05, 0) is 25.7 Å². The van der Waals surface area contributed by atoms with Crippen LogP contribution >= 0.6 is 0 Å². The number of unbranched alkanes of at least 4 members (excludes halogenated alkanes) is 2. The molecule has 0 aromatic carbocycles. The normalized spacial score (nSPS) is 11.2. The molecule has 0 unspecified atom stereocenters. The van der Waals surface area contributed by atoms with Crippen molar-refractivity contribution in [1.82, 2.24) is 6.15 Å². The van der Waals surface area contributed by atoms with Gasteiger partial charge in [0.1, 0.15) is 0 Å². The molecule has 0 aliphatic rings.